The van der Waals surface area contributed by atoms with Gasteiger partial charge in [-0.05, 0) is 25.0 Å². The van der Waals surface area contributed by atoms with Gasteiger partial charge < -0.3 is 4.90 Å². The van der Waals surface area contributed by atoms with Crippen LogP contribution in [0.15, 0.2) is 28.4 Å². The number of allylic oxidation sites excluding steroid dienone is 2. The molecular weight excluding hydrogens is 310 g/mol. The first-order valence-electron chi connectivity index (χ1n) is 5.83. The number of nitrogens with zero attached hydrogens (tertiary/aromatic N) is 3. The molecule has 5 nitrogen and oxygen atoms in total. The summed E-state index contributed by atoms with van der Waals surface area (Å²) in [5.41, 5.74) is 1.62. The maximum Gasteiger partial charge on any atom is 0.278 e. The molecule has 0 atom stereocenters. The normalized spacial score (nSPS) is 17.2. The summed E-state index contributed by atoms with van der Waals surface area (Å²) in [5, 5.41) is 20.5. The zero-order chi connectivity index (χ0) is 14.0. The largest absolute Gasteiger partial charge is 0.377 e. The van der Waals surface area contributed by atoms with Gasteiger partial charge in [-0.15, -0.1) is 0 Å². The van der Waals surface area contributed by atoms with Crippen molar-refractivity contribution in [2.24, 2.45) is 0 Å². The number of nitriles is 1. The van der Waals surface area contributed by atoms with E-state index in [2.05, 4.69) is 22.0 Å². The minimum atomic E-state index is -0.450. The zero-order valence-electron chi connectivity index (χ0n) is 10.4. The molecule has 0 saturated carbocycles. The second-order valence-corrected chi connectivity index (χ2v) is 5.29. The van der Waals surface area contributed by atoms with Crippen LogP contribution in [0.5, 0.6) is 0 Å². The first-order chi connectivity index (χ1) is 9.04. The summed E-state index contributed by atoms with van der Waals surface area (Å²) in [6, 6.07) is 6.79. The van der Waals surface area contributed by atoms with Crippen LogP contribution in [0.2, 0.25) is 0 Å². The zero-order valence-corrected chi connectivity index (χ0v) is 12.0. The summed E-state index contributed by atoms with van der Waals surface area (Å²) in [4.78, 5) is 12.6. The maximum absolute atomic E-state index is 11.1. The average Bonchev–Trinajstić information content (AvgIpc) is 2.77. The van der Waals surface area contributed by atoms with Crippen LogP contribution in [-0.4, -0.2) is 23.4 Å². The first-order valence-corrected chi connectivity index (χ1v) is 6.62. The van der Waals surface area contributed by atoms with Gasteiger partial charge in [0, 0.05) is 29.8 Å². The van der Waals surface area contributed by atoms with Crippen molar-refractivity contribution in [2.45, 2.75) is 12.8 Å². The second kappa shape index (κ2) is 5.41. The van der Waals surface area contributed by atoms with E-state index in [1.54, 1.807) is 12.1 Å². The van der Waals surface area contributed by atoms with E-state index in [9.17, 15) is 15.4 Å². The van der Waals surface area contributed by atoms with Crippen molar-refractivity contribution in [2.75, 3.05) is 13.6 Å². The van der Waals surface area contributed by atoms with Gasteiger partial charge >= 0.3 is 0 Å². The number of hydrogen-bond acceptors (Lipinski definition) is 4. The van der Waals surface area contributed by atoms with Crippen LogP contribution < -0.4 is 0 Å². The van der Waals surface area contributed by atoms with E-state index in [1.807, 2.05) is 11.9 Å². The molecule has 6 heteroatoms. The van der Waals surface area contributed by atoms with E-state index in [1.165, 1.54) is 6.07 Å². The minimum absolute atomic E-state index is 0.0347. The monoisotopic (exact) mass is 321 g/mol. The van der Waals surface area contributed by atoms with Gasteiger partial charge in [0.25, 0.3) is 5.69 Å². The average molecular weight is 322 g/mol. The highest BCUT2D eigenvalue weighted by molar-refractivity contribution is 9.10. The van der Waals surface area contributed by atoms with Crippen LogP contribution in [0, 0.1) is 21.4 Å². The van der Waals surface area contributed by atoms with E-state index < -0.39 is 4.92 Å². The van der Waals surface area contributed by atoms with E-state index in [4.69, 9.17) is 0 Å². The van der Waals surface area contributed by atoms with E-state index >= 15 is 0 Å². The predicted molar refractivity (Wildman–Crippen MR) is 75.2 cm³/mol. The van der Waals surface area contributed by atoms with E-state index in [-0.39, 0.29) is 5.69 Å². The quantitative estimate of drug-likeness (QED) is 0.476. The van der Waals surface area contributed by atoms with Gasteiger partial charge in [-0.25, -0.2) is 0 Å². The van der Waals surface area contributed by atoms with Crippen molar-refractivity contribution in [3.63, 3.8) is 0 Å². The highest BCUT2D eigenvalue weighted by Crippen LogP contribution is 2.34. The first kappa shape index (κ1) is 13.6. The Balaban J connectivity index is 2.65. The van der Waals surface area contributed by atoms with Crippen molar-refractivity contribution in [1.29, 1.82) is 5.26 Å². The molecule has 0 aliphatic carbocycles. The number of likely N-dealkylation sites (tertiary alicyclic amines) is 1. The fourth-order valence-electron chi connectivity index (χ4n) is 2.27. The minimum Gasteiger partial charge on any atom is -0.377 e. The van der Waals surface area contributed by atoms with Gasteiger partial charge in [0.05, 0.1) is 16.1 Å². The molecule has 19 heavy (non-hydrogen) atoms. The Bertz CT molecular complexity index is 604. The van der Waals surface area contributed by atoms with E-state index in [0.29, 0.717) is 11.1 Å². The summed E-state index contributed by atoms with van der Waals surface area (Å²) in [6.45, 7) is 0.877. The Morgan fingerprint density at radius 1 is 1.58 bits per heavy atom. The lowest BCUT2D eigenvalue weighted by atomic mass is 10.0. The maximum atomic E-state index is 11.1. The molecule has 2 rings (SSSR count). The lowest BCUT2D eigenvalue weighted by molar-refractivity contribution is -0.385. The van der Waals surface area contributed by atoms with Gasteiger partial charge in [0.1, 0.15) is 6.07 Å². The molecule has 98 valence electrons. The van der Waals surface area contributed by atoms with Gasteiger partial charge in [0.15, 0.2) is 0 Å². The molecule has 0 bridgehead atoms. The fraction of sp³-hybridized carbons (Fsp3) is 0.308. The van der Waals surface area contributed by atoms with Crippen molar-refractivity contribution in [3.8, 4) is 6.07 Å². The van der Waals surface area contributed by atoms with Crippen LogP contribution >= 0.6 is 15.9 Å². The molecule has 0 amide bonds. The van der Waals surface area contributed by atoms with Gasteiger partial charge in [-0.1, -0.05) is 15.9 Å². The molecule has 0 radical (unpaired) electrons. The van der Waals surface area contributed by atoms with Crippen molar-refractivity contribution < 1.29 is 4.92 Å². The van der Waals surface area contributed by atoms with Crippen LogP contribution in [0.4, 0.5) is 5.69 Å². The molecule has 0 spiro atoms. The van der Waals surface area contributed by atoms with Crippen LogP contribution in [0.3, 0.4) is 0 Å². The number of benzene rings is 1. The molecule has 1 heterocycles. The molecule has 1 aliphatic heterocycles. The van der Waals surface area contributed by atoms with Gasteiger partial charge in [-0.3, -0.25) is 10.1 Å². The van der Waals surface area contributed by atoms with Crippen LogP contribution in [0.1, 0.15) is 18.4 Å². The number of halogens is 1. The molecule has 1 aromatic rings. The highest BCUT2D eigenvalue weighted by Gasteiger charge is 2.24. The Hall–Kier alpha value is -1.87. The van der Waals surface area contributed by atoms with Crippen LogP contribution in [0.25, 0.3) is 5.57 Å². The molecule has 1 fully saturated rings. The summed E-state index contributed by atoms with van der Waals surface area (Å²) in [5.74, 6) is 0. The highest BCUT2D eigenvalue weighted by atomic mass is 79.9. The van der Waals surface area contributed by atoms with Crippen molar-refractivity contribution in [1.82, 2.24) is 4.90 Å². The summed E-state index contributed by atoms with van der Waals surface area (Å²) in [6.07, 6.45) is 1.75. The third-order valence-corrected chi connectivity index (χ3v) is 3.69. The smallest absolute Gasteiger partial charge is 0.278 e. The van der Waals surface area contributed by atoms with Gasteiger partial charge in [-0.2, -0.15) is 5.26 Å². The summed E-state index contributed by atoms with van der Waals surface area (Å²) >= 11 is 3.30. The topological polar surface area (TPSA) is 70.2 Å². The second-order valence-electron chi connectivity index (χ2n) is 4.38. The summed E-state index contributed by atoms with van der Waals surface area (Å²) in [7, 11) is 1.91. The molecule has 0 aromatic heterocycles. The summed E-state index contributed by atoms with van der Waals surface area (Å²) < 4.78 is 0.724. The fourth-order valence-corrected chi connectivity index (χ4v) is 2.63. The van der Waals surface area contributed by atoms with Crippen molar-refractivity contribution >= 4 is 27.2 Å². The SMILES string of the molecule is CN1CCC/C1=C(/C#N)c1cc(Br)ccc1[N+](=O)[O-]. The molecule has 1 aliphatic rings. The number of nitro groups is 1. The van der Waals surface area contributed by atoms with Crippen molar-refractivity contribution in [3.05, 3.63) is 44.0 Å². The third kappa shape index (κ3) is 2.61. The predicted octanol–water partition coefficient (Wildman–Crippen LogP) is 3.32. The number of rotatable bonds is 2. The molecule has 0 N–H and O–H groups in total. The Kier molecular flexibility index (Phi) is 3.86. The lowest BCUT2D eigenvalue weighted by Gasteiger charge is -2.15. The van der Waals surface area contributed by atoms with E-state index in [0.717, 1.165) is 29.6 Å². The molecule has 0 unspecified atom stereocenters. The Labute approximate surface area is 119 Å². The van der Waals surface area contributed by atoms with Crippen LogP contribution in [-0.2, 0) is 0 Å². The third-order valence-electron chi connectivity index (χ3n) is 3.19. The molecular formula is C13H12BrN3O2. The molecule has 1 aromatic carbocycles. The number of hydrogen-bond donors (Lipinski definition) is 0. The number of nitro benzene ring substituents is 1. The Morgan fingerprint density at radius 3 is 2.84 bits per heavy atom. The standard InChI is InChI=1S/C13H12BrN3O2/c1-16-6-2-3-12(16)11(8-15)10-7-9(14)4-5-13(10)17(18)19/h4-5,7H,2-3,6H2,1H3/b12-11+. The Morgan fingerprint density at radius 2 is 2.32 bits per heavy atom. The lowest BCUT2D eigenvalue weighted by Crippen LogP contribution is -2.12. The molecule has 1 saturated heterocycles. The van der Waals surface area contributed by atoms with Gasteiger partial charge in [0.2, 0.25) is 0 Å².